The quantitative estimate of drug-likeness (QED) is 0.264. The van der Waals surface area contributed by atoms with Crippen LogP contribution in [0.4, 0.5) is 0 Å². The fourth-order valence-corrected chi connectivity index (χ4v) is 0.385. The van der Waals surface area contributed by atoms with Crippen LogP contribution in [0.3, 0.4) is 0 Å². The van der Waals surface area contributed by atoms with Gasteiger partial charge in [-0.15, -0.1) is 0 Å². The van der Waals surface area contributed by atoms with E-state index in [0.717, 1.165) is 0 Å². The first kappa shape index (κ1) is 9.71. The van der Waals surface area contributed by atoms with Gasteiger partial charge in [-0.2, -0.15) is 0 Å². The summed E-state index contributed by atoms with van der Waals surface area (Å²) in [5, 5.41) is 16.8. The van der Waals surface area contributed by atoms with Crippen molar-refractivity contribution in [2.75, 3.05) is 13.2 Å². The van der Waals surface area contributed by atoms with E-state index in [0.29, 0.717) is 6.26 Å². The van der Waals surface area contributed by atoms with E-state index in [4.69, 9.17) is 10.2 Å². The summed E-state index contributed by atoms with van der Waals surface area (Å²) in [5.74, 6) is -0.741. The second-order valence-corrected chi connectivity index (χ2v) is 1.70. The van der Waals surface area contributed by atoms with Gasteiger partial charge >= 0.3 is 5.97 Å². The molecule has 0 aromatic heterocycles. The minimum absolute atomic E-state index is 0.0656. The van der Waals surface area contributed by atoms with Crippen LogP contribution in [0.25, 0.3) is 0 Å². The number of rotatable bonds is 4. The lowest BCUT2D eigenvalue weighted by atomic mass is 10.3. The molecular weight excluding hydrogens is 148 g/mol. The molecule has 0 aliphatic heterocycles. The molecule has 2 N–H and O–H groups in total. The maximum absolute atomic E-state index is 10.7. The zero-order valence-corrected chi connectivity index (χ0v) is 5.99. The van der Waals surface area contributed by atoms with Crippen LogP contribution in [0.2, 0.25) is 0 Å². The third kappa shape index (κ3) is 3.42. The Kier molecular flexibility index (Phi) is 4.85. The van der Waals surface area contributed by atoms with Crippen molar-refractivity contribution in [3.63, 3.8) is 0 Å². The van der Waals surface area contributed by atoms with E-state index in [1.54, 1.807) is 0 Å². The van der Waals surface area contributed by atoms with Crippen LogP contribution in [0.15, 0.2) is 24.5 Å². The lowest BCUT2D eigenvalue weighted by Crippen LogP contribution is -2.10. The average Bonchev–Trinajstić information content (AvgIpc) is 2.03. The zero-order valence-electron chi connectivity index (χ0n) is 5.99. The Balaban J connectivity index is 3.90. The standard InChI is InChI=1S/C7H10O4/c1-2-3-11-7(10)6(4-8)5-9/h2,4,8-9H,1,3,5H2. The van der Waals surface area contributed by atoms with E-state index in [-0.39, 0.29) is 12.2 Å². The molecule has 11 heavy (non-hydrogen) atoms. The summed E-state index contributed by atoms with van der Waals surface area (Å²) >= 11 is 0. The SMILES string of the molecule is C=CCOC(=O)C(=CO)CO. The zero-order chi connectivity index (χ0) is 8.69. The number of aliphatic hydroxyl groups is 2. The Morgan fingerprint density at radius 3 is 2.64 bits per heavy atom. The van der Waals surface area contributed by atoms with E-state index in [2.05, 4.69) is 11.3 Å². The van der Waals surface area contributed by atoms with Gasteiger partial charge in [-0.1, -0.05) is 12.7 Å². The van der Waals surface area contributed by atoms with Gasteiger partial charge in [0.1, 0.15) is 6.61 Å². The molecule has 0 amide bonds. The van der Waals surface area contributed by atoms with Gasteiger partial charge in [-0.25, -0.2) is 4.79 Å². The van der Waals surface area contributed by atoms with E-state index < -0.39 is 12.6 Å². The molecular formula is C7H10O4. The maximum atomic E-state index is 10.7. The summed E-state index contributed by atoms with van der Waals surface area (Å²) in [6.07, 6.45) is 1.91. The molecule has 0 heterocycles. The highest BCUT2D eigenvalue weighted by Crippen LogP contribution is 1.94. The van der Waals surface area contributed by atoms with E-state index >= 15 is 0 Å². The summed E-state index contributed by atoms with van der Waals surface area (Å²) in [4.78, 5) is 10.7. The van der Waals surface area contributed by atoms with E-state index in [1.165, 1.54) is 6.08 Å². The molecule has 0 fully saturated rings. The smallest absolute Gasteiger partial charge is 0.339 e. The normalized spacial score (nSPS) is 10.8. The van der Waals surface area contributed by atoms with Crippen LogP contribution in [0.5, 0.6) is 0 Å². The summed E-state index contributed by atoms with van der Waals surface area (Å²) in [6, 6.07) is 0. The molecule has 0 aromatic carbocycles. The molecule has 0 saturated heterocycles. The maximum Gasteiger partial charge on any atom is 0.339 e. The van der Waals surface area contributed by atoms with Gasteiger partial charge in [0.05, 0.1) is 18.4 Å². The van der Waals surface area contributed by atoms with Crippen molar-refractivity contribution in [2.45, 2.75) is 0 Å². The van der Waals surface area contributed by atoms with Gasteiger partial charge in [0.2, 0.25) is 0 Å². The molecule has 0 aromatic rings. The predicted molar refractivity (Wildman–Crippen MR) is 39.0 cm³/mol. The van der Waals surface area contributed by atoms with Gasteiger partial charge in [0, 0.05) is 0 Å². The van der Waals surface area contributed by atoms with Crippen LogP contribution in [-0.2, 0) is 9.53 Å². The van der Waals surface area contributed by atoms with Crippen molar-refractivity contribution in [1.29, 1.82) is 0 Å². The lowest BCUT2D eigenvalue weighted by molar-refractivity contribution is -0.138. The van der Waals surface area contributed by atoms with Gasteiger partial charge < -0.3 is 14.9 Å². The molecule has 4 heteroatoms. The first-order chi connectivity index (χ1) is 5.26. The van der Waals surface area contributed by atoms with Crippen molar-refractivity contribution in [3.05, 3.63) is 24.5 Å². The Morgan fingerprint density at radius 1 is 1.64 bits per heavy atom. The van der Waals surface area contributed by atoms with Crippen LogP contribution >= 0.6 is 0 Å². The van der Waals surface area contributed by atoms with Gasteiger partial charge in [0.25, 0.3) is 0 Å². The topological polar surface area (TPSA) is 66.8 Å². The Morgan fingerprint density at radius 2 is 2.27 bits per heavy atom. The predicted octanol–water partition coefficient (Wildman–Crippen LogP) is 0.150. The third-order valence-corrected chi connectivity index (χ3v) is 0.921. The van der Waals surface area contributed by atoms with E-state index in [9.17, 15) is 4.79 Å². The average molecular weight is 158 g/mol. The first-order valence-electron chi connectivity index (χ1n) is 2.98. The van der Waals surface area contributed by atoms with Crippen molar-refractivity contribution < 1.29 is 19.7 Å². The molecule has 0 rings (SSSR count). The van der Waals surface area contributed by atoms with Crippen LogP contribution in [-0.4, -0.2) is 29.4 Å². The Labute approximate surface area is 64.4 Å². The van der Waals surface area contributed by atoms with Crippen LogP contribution in [0.1, 0.15) is 0 Å². The summed E-state index contributed by atoms with van der Waals surface area (Å²) < 4.78 is 4.49. The minimum atomic E-state index is -0.741. The molecule has 0 aliphatic carbocycles. The minimum Gasteiger partial charge on any atom is -0.515 e. The summed E-state index contributed by atoms with van der Waals surface area (Å²) in [7, 11) is 0. The van der Waals surface area contributed by atoms with Crippen molar-refractivity contribution in [2.24, 2.45) is 0 Å². The second kappa shape index (κ2) is 5.49. The fourth-order valence-electron chi connectivity index (χ4n) is 0.385. The highest BCUT2D eigenvalue weighted by atomic mass is 16.5. The molecule has 0 unspecified atom stereocenters. The molecule has 4 nitrogen and oxygen atoms in total. The van der Waals surface area contributed by atoms with Gasteiger partial charge in [0.15, 0.2) is 0 Å². The number of carbonyl (C=O) groups excluding carboxylic acids is 1. The van der Waals surface area contributed by atoms with Crippen molar-refractivity contribution in [1.82, 2.24) is 0 Å². The summed E-state index contributed by atoms with van der Waals surface area (Å²) in [6.45, 7) is 2.85. The molecule has 0 aliphatic rings. The lowest BCUT2D eigenvalue weighted by Gasteiger charge is -2.00. The highest BCUT2D eigenvalue weighted by molar-refractivity contribution is 5.88. The molecule has 62 valence electrons. The first-order valence-corrected chi connectivity index (χ1v) is 2.98. The number of hydrogen-bond acceptors (Lipinski definition) is 4. The van der Waals surface area contributed by atoms with E-state index in [1.807, 2.05) is 0 Å². The molecule has 0 bridgehead atoms. The van der Waals surface area contributed by atoms with Gasteiger partial charge in [-0.05, 0) is 0 Å². The monoisotopic (exact) mass is 158 g/mol. The molecule has 0 saturated carbocycles. The second-order valence-electron chi connectivity index (χ2n) is 1.70. The van der Waals surface area contributed by atoms with Crippen molar-refractivity contribution in [3.8, 4) is 0 Å². The summed E-state index contributed by atoms with van der Waals surface area (Å²) in [5.41, 5.74) is -0.174. The largest absolute Gasteiger partial charge is 0.515 e. The number of ether oxygens (including phenoxy) is 1. The third-order valence-electron chi connectivity index (χ3n) is 0.921. The molecule has 0 atom stereocenters. The number of hydrogen-bond donors (Lipinski definition) is 2. The highest BCUT2D eigenvalue weighted by Gasteiger charge is 2.08. The number of esters is 1. The molecule has 0 radical (unpaired) electrons. The van der Waals surface area contributed by atoms with Crippen LogP contribution < -0.4 is 0 Å². The van der Waals surface area contributed by atoms with Crippen LogP contribution in [0, 0.1) is 0 Å². The number of carbonyl (C=O) groups is 1. The molecule has 0 spiro atoms. The Hall–Kier alpha value is -1.29. The Bertz CT molecular complexity index is 171. The number of aliphatic hydroxyl groups excluding tert-OH is 2. The van der Waals surface area contributed by atoms with Crippen molar-refractivity contribution >= 4 is 5.97 Å². The van der Waals surface area contributed by atoms with Gasteiger partial charge in [-0.3, -0.25) is 0 Å². The fraction of sp³-hybridized carbons (Fsp3) is 0.286.